The molecular formula is C20H19FN6O3. The summed E-state index contributed by atoms with van der Waals surface area (Å²) in [6.45, 7) is 5.90. The Morgan fingerprint density at radius 3 is 2.70 bits per heavy atom. The molecule has 3 heterocycles. The van der Waals surface area contributed by atoms with Crippen LogP contribution in [0.1, 0.15) is 26.5 Å². The molecule has 1 aromatic carbocycles. The van der Waals surface area contributed by atoms with Crippen molar-refractivity contribution >= 4 is 28.7 Å². The van der Waals surface area contributed by atoms with E-state index < -0.39 is 11.8 Å². The molecule has 0 spiro atoms. The van der Waals surface area contributed by atoms with Crippen LogP contribution < -0.4 is 15.4 Å². The molecule has 0 radical (unpaired) electrons. The highest BCUT2D eigenvalue weighted by atomic mass is 19.1. The number of benzene rings is 1. The van der Waals surface area contributed by atoms with Crippen molar-refractivity contribution in [3.63, 3.8) is 0 Å². The molecule has 0 aliphatic rings. The van der Waals surface area contributed by atoms with Crippen molar-refractivity contribution in [3.05, 3.63) is 54.4 Å². The average molecular weight is 410 g/mol. The standard InChI is InChI=1S/C20H19FN6O3/c1-20(2,3)15-9-16(27-30-15)26-19(28)25-11-4-5-13(12(21)8-11)29-14-6-7-22-18-17(14)23-10-24-18/h4-10H,1-3H3,(H,22,23,24)(H2,25,26,27,28). The van der Waals surface area contributed by atoms with E-state index in [9.17, 15) is 9.18 Å². The lowest BCUT2D eigenvalue weighted by atomic mass is 9.93. The number of amides is 2. The first kappa shape index (κ1) is 19.4. The number of hydrogen-bond donors (Lipinski definition) is 3. The van der Waals surface area contributed by atoms with Gasteiger partial charge < -0.3 is 19.6 Å². The maximum absolute atomic E-state index is 14.5. The fourth-order valence-electron chi connectivity index (χ4n) is 2.66. The van der Waals surface area contributed by atoms with Crippen LogP contribution in [0.25, 0.3) is 11.2 Å². The lowest BCUT2D eigenvalue weighted by molar-refractivity contribution is 0.262. The Kier molecular flexibility index (Phi) is 4.82. The van der Waals surface area contributed by atoms with Crippen molar-refractivity contribution in [1.82, 2.24) is 20.1 Å². The van der Waals surface area contributed by atoms with Crippen LogP contribution in [0.5, 0.6) is 11.5 Å². The van der Waals surface area contributed by atoms with Gasteiger partial charge in [-0.25, -0.2) is 19.2 Å². The number of nitrogens with one attached hydrogen (secondary N) is 3. The van der Waals surface area contributed by atoms with Gasteiger partial charge in [0.25, 0.3) is 0 Å². The first-order valence-electron chi connectivity index (χ1n) is 9.10. The molecular weight excluding hydrogens is 391 g/mol. The van der Waals surface area contributed by atoms with Crippen molar-refractivity contribution in [2.24, 2.45) is 0 Å². The Labute approximate surface area is 170 Å². The lowest BCUT2D eigenvalue weighted by Gasteiger charge is -2.12. The Hall–Kier alpha value is -3.95. The third kappa shape index (κ3) is 4.07. The van der Waals surface area contributed by atoms with Crippen LogP contribution in [0.15, 0.2) is 47.4 Å². The van der Waals surface area contributed by atoms with Crippen LogP contribution in [0.2, 0.25) is 0 Å². The largest absolute Gasteiger partial charge is 0.452 e. The molecule has 3 N–H and O–H groups in total. The minimum absolute atomic E-state index is 0.00521. The second-order valence-corrected chi connectivity index (χ2v) is 7.56. The molecule has 0 unspecified atom stereocenters. The van der Waals surface area contributed by atoms with E-state index in [1.807, 2.05) is 20.8 Å². The monoisotopic (exact) mass is 410 g/mol. The highest BCUT2D eigenvalue weighted by Gasteiger charge is 2.20. The number of halogens is 1. The van der Waals surface area contributed by atoms with E-state index in [0.29, 0.717) is 22.7 Å². The highest BCUT2D eigenvalue weighted by Crippen LogP contribution is 2.30. The molecule has 10 heteroatoms. The van der Waals surface area contributed by atoms with Gasteiger partial charge in [0.2, 0.25) is 0 Å². The summed E-state index contributed by atoms with van der Waals surface area (Å²) >= 11 is 0. The normalized spacial score (nSPS) is 11.5. The van der Waals surface area contributed by atoms with Crippen molar-refractivity contribution in [2.45, 2.75) is 26.2 Å². The van der Waals surface area contributed by atoms with Gasteiger partial charge in [0.15, 0.2) is 28.8 Å². The van der Waals surface area contributed by atoms with E-state index in [-0.39, 0.29) is 22.7 Å². The Morgan fingerprint density at radius 2 is 1.97 bits per heavy atom. The predicted molar refractivity (Wildman–Crippen MR) is 108 cm³/mol. The number of aromatic nitrogens is 4. The Bertz CT molecular complexity index is 1210. The summed E-state index contributed by atoms with van der Waals surface area (Å²) in [5.74, 6) is 0.630. The number of imidazole rings is 1. The van der Waals surface area contributed by atoms with E-state index >= 15 is 0 Å². The summed E-state index contributed by atoms with van der Waals surface area (Å²) < 4.78 is 25.4. The topological polar surface area (TPSA) is 118 Å². The summed E-state index contributed by atoms with van der Waals surface area (Å²) in [6.07, 6.45) is 3.00. The predicted octanol–water partition coefficient (Wildman–Crippen LogP) is 4.82. The van der Waals surface area contributed by atoms with Crippen LogP contribution in [-0.2, 0) is 5.41 Å². The number of anilines is 2. The van der Waals surface area contributed by atoms with Gasteiger partial charge in [0, 0.05) is 35.5 Å². The number of nitrogens with zero attached hydrogens (tertiary/aromatic N) is 3. The molecule has 154 valence electrons. The third-order valence-electron chi connectivity index (χ3n) is 4.19. The highest BCUT2D eigenvalue weighted by molar-refractivity contribution is 5.99. The second-order valence-electron chi connectivity index (χ2n) is 7.56. The Balaban J connectivity index is 1.43. The van der Waals surface area contributed by atoms with Crippen molar-refractivity contribution in [2.75, 3.05) is 10.6 Å². The molecule has 0 fully saturated rings. The van der Waals surface area contributed by atoms with Gasteiger partial charge >= 0.3 is 6.03 Å². The van der Waals surface area contributed by atoms with Crippen molar-refractivity contribution in [1.29, 1.82) is 0 Å². The van der Waals surface area contributed by atoms with Gasteiger partial charge in [-0.3, -0.25) is 5.32 Å². The van der Waals surface area contributed by atoms with Crippen molar-refractivity contribution in [3.8, 4) is 11.5 Å². The average Bonchev–Trinajstić information content (AvgIpc) is 3.33. The van der Waals surface area contributed by atoms with Crippen LogP contribution >= 0.6 is 0 Å². The SMILES string of the molecule is CC(C)(C)c1cc(NC(=O)Nc2ccc(Oc3ccnc4nc[nH]c34)c(F)c2)no1. The summed E-state index contributed by atoms with van der Waals surface area (Å²) in [7, 11) is 0. The molecule has 4 rings (SSSR count). The first-order chi connectivity index (χ1) is 14.3. The van der Waals surface area contributed by atoms with Crippen LogP contribution in [0.4, 0.5) is 20.7 Å². The summed E-state index contributed by atoms with van der Waals surface area (Å²) in [5.41, 5.74) is 1.03. The molecule has 0 saturated heterocycles. The number of H-pyrrole nitrogens is 1. The van der Waals surface area contributed by atoms with Gasteiger partial charge in [-0.05, 0) is 12.1 Å². The Morgan fingerprint density at radius 1 is 1.13 bits per heavy atom. The number of pyridine rings is 1. The summed E-state index contributed by atoms with van der Waals surface area (Å²) in [4.78, 5) is 23.2. The molecule has 0 atom stereocenters. The maximum Gasteiger partial charge on any atom is 0.324 e. The lowest BCUT2D eigenvalue weighted by Crippen LogP contribution is -2.19. The van der Waals surface area contributed by atoms with Gasteiger partial charge in [-0.2, -0.15) is 0 Å². The fourth-order valence-corrected chi connectivity index (χ4v) is 2.66. The molecule has 0 bridgehead atoms. The summed E-state index contributed by atoms with van der Waals surface area (Å²) in [5, 5.41) is 8.90. The molecule has 0 saturated carbocycles. The number of fused-ring (bicyclic) bond motifs is 1. The molecule has 2 amide bonds. The van der Waals surface area contributed by atoms with Crippen LogP contribution in [0.3, 0.4) is 0 Å². The van der Waals surface area contributed by atoms with Crippen LogP contribution in [0, 0.1) is 5.82 Å². The zero-order valence-electron chi connectivity index (χ0n) is 16.5. The number of carbonyl (C=O) groups is 1. The van der Waals surface area contributed by atoms with E-state index in [1.54, 1.807) is 12.1 Å². The first-order valence-corrected chi connectivity index (χ1v) is 9.10. The number of urea groups is 1. The van der Waals surface area contributed by atoms with Crippen molar-refractivity contribution < 1.29 is 18.4 Å². The number of hydrogen-bond acceptors (Lipinski definition) is 6. The zero-order valence-corrected chi connectivity index (χ0v) is 16.5. The van der Waals surface area contributed by atoms with Gasteiger partial charge in [-0.15, -0.1) is 0 Å². The molecule has 0 aliphatic heterocycles. The van der Waals surface area contributed by atoms with E-state index in [1.165, 1.54) is 24.7 Å². The third-order valence-corrected chi connectivity index (χ3v) is 4.19. The quantitative estimate of drug-likeness (QED) is 0.444. The zero-order chi connectivity index (χ0) is 21.3. The number of ether oxygens (including phenoxy) is 1. The van der Waals surface area contributed by atoms with Crippen LogP contribution in [-0.4, -0.2) is 26.1 Å². The maximum atomic E-state index is 14.5. The molecule has 4 aromatic rings. The molecule has 3 aromatic heterocycles. The molecule has 9 nitrogen and oxygen atoms in total. The van der Waals surface area contributed by atoms with E-state index in [4.69, 9.17) is 9.26 Å². The van der Waals surface area contributed by atoms with E-state index in [2.05, 4.69) is 30.7 Å². The van der Waals surface area contributed by atoms with Gasteiger partial charge in [0.05, 0.1) is 6.33 Å². The van der Waals surface area contributed by atoms with E-state index in [0.717, 1.165) is 6.07 Å². The van der Waals surface area contributed by atoms with Gasteiger partial charge in [-0.1, -0.05) is 25.9 Å². The molecule has 30 heavy (non-hydrogen) atoms. The minimum atomic E-state index is -0.645. The second kappa shape index (κ2) is 7.47. The summed E-state index contributed by atoms with van der Waals surface area (Å²) in [6, 6.07) is 6.76. The number of rotatable bonds is 4. The fraction of sp³-hybridized carbons (Fsp3) is 0.200. The molecule has 0 aliphatic carbocycles. The number of carbonyl (C=O) groups excluding carboxylic acids is 1. The smallest absolute Gasteiger partial charge is 0.324 e. The number of aromatic amines is 1. The minimum Gasteiger partial charge on any atom is -0.452 e. The van der Waals surface area contributed by atoms with Gasteiger partial charge in [0.1, 0.15) is 11.3 Å².